The summed E-state index contributed by atoms with van der Waals surface area (Å²) in [6, 6.07) is 6.78. The maximum absolute atomic E-state index is 12.0. The predicted octanol–water partition coefficient (Wildman–Crippen LogP) is 2.93. The van der Waals surface area contributed by atoms with Crippen molar-refractivity contribution >= 4 is 27.5 Å². The highest BCUT2D eigenvalue weighted by Gasteiger charge is 2.14. The molecule has 0 radical (unpaired) electrons. The van der Waals surface area contributed by atoms with Crippen LogP contribution in [0.5, 0.6) is 0 Å². The van der Waals surface area contributed by atoms with Crippen LogP contribution in [0.4, 0.5) is 5.69 Å². The summed E-state index contributed by atoms with van der Waals surface area (Å²) < 4.78 is 26.5. The minimum Gasteiger partial charge on any atom is -0.385 e. The molecule has 0 amide bonds. The van der Waals surface area contributed by atoms with E-state index in [1.807, 2.05) is 37.7 Å². The first kappa shape index (κ1) is 17.3. The Balaban J connectivity index is 2.52. The normalized spacial score (nSPS) is 11.8. The second kappa shape index (κ2) is 8.54. The molecule has 20 heavy (non-hydrogen) atoms. The van der Waals surface area contributed by atoms with Crippen molar-refractivity contribution in [1.29, 1.82) is 0 Å². The number of benzene rings is 1. The van der Waals surface area contributed by atoms with Crippen LogP contribution in [-0.2, 0) is 10.0 Å². The van der Waals surface area contributed by atoms with E-state index in [0.717, 1.165) is 18.7 Å². The van der Waals surface area contributed by atoms with Crippen LogP contribution < -0.4 is 10.0 Å². The molecular weight excluding hydrogens is 292 g/mol. The quantitative estimate of drug-likeness (QED) is 0.688. The van der Waals surface area contributed by atoms with E-state index in [0.29, 0.717) is 4.90 Å². The lowest BCUT2D eigenvalue weighted by molar-refractivity contribution is 0.570. The zero-order valence-electron chi connectivity index (χ0n) is 12.3. The Labute approximate surface area is 126 Å². The van der Waals surface area contributed by atoms with E-state index in [1.165, 1.54) is 12.2 Å². The Kier molecular flexibility index (Phi) is 7.40. The van der Waals surface area contributed by atoms with E-state index < -0.39 is 10.0 Å². The van der Waals surface area contributed by atoms with Gasteiger partial charge in [-0.2, -0.15) is 11.8 Å². The van der Waals surface area contributed by atoms with Crippen molar-refractivity contribution in [3.63, 3.8) is 0 Å². The molecule has 0 aromatic heterocycles. The molecule has 0 unspecified atom stereocenters. The summed E-state index contributed by atoms with van der Waals surface area (Å²) in [6.07, 6.45) is 4.42. The van der Waals surface area contributed by atoms with Gasteiger partial charge in [-0.05, 0) is 63.0 Å². The lowest BCUT2D eigenvalue weighted by Crippen LogP contribution is -2.30. The second-order valence-corrected chi connectivity index (χ2v) is 7.63. The van der Waals surface area contributed by atoms with Gasteiger partial charge in [-0.3, -0.25) is 0 Å². The van der Waals surface area contributed by atoms with Gasteiger partial charge in [0.2, 0.25) is 10.0 Å². The standard InChI is InChI=1S/C14H24N2O2S2/c1-12(2)16-20(17,18)14-8-6-13(7-9-14)15-10-4-5-11-19-3/h6-9,12,15-16H,4-5,10-11H2,1-3H3. The van der Waals surface area contributed by atoms with Gasteiger partial charge in [0, 0.05) is 18.3 Å². The van der Waals surface area contributed by atoms with E-state index in [-0.39, 0.29) is 6.04 Å². The highest BCUT2D eigenvalue weighted by atomic mass is 32.2. The molecule has 1 rings (SSSR count). The molecule has 114 valence electrons. The summed E-state index contributed by atoms with van der Waals surface area (Å²) in [7, 11) is -3.39. The number of unbranched alkanes of at least 4 members (excludes halogenated alkanes) is 1. The predicted molar refractivity (Wildman–Crippen MR) is 88.0 cm³/mol. The largest absolute Gasteiger partial charge is 0.385 e. The molecule has 0 aliphatic heterocycles. The van der Waals surface area contributed by atoms with Gasteiger partial charge in [-0.25, -0.2) is 13.1 Å². The maximum Gasteiger partial charge on any atom is 0.240 e. The van der Waals surface area contributed by atoms with Gasteiger partial charge in [-0.15, -0.1) is 0 Å². The summed E-state index contributed by atoms with van der Waals surface area (Å²) >= 11 is 1.86. The van der Waals surface area contributed by atoms with Crippen LogP contribution in [-0.4, -0.2) is 33.0 Å². The fourth-order valence-corrected chi connectivity index (χ4v) is 3.48. The van der Waals surface area contributed by atoms with E-state index in [1.54, 1.807) is 12.1 Å². The average molecular weight is 316 g/mol. The zero-order chi connectivity index (χ0) is 15.0. The lowest BCUT2D eigenvalue weighted by Gasteiger charge is -2.11. The number of nitrogens with one attached hydrogen (secondary N) is 2. The number of anilines is 1. The summed E-state index contributed by atoms with van der Waals surface area (Å²) in [5, 5.41) is 3.30. The third kappa shape index (κ3) is 6.15. The van der Waals surface area contributed by atoms with Crippen molar-refractivity contribution < 1.29 is 8.42 Å². The average Bonchev–Trinajstić information content (AvgIpc) is 2.37. The maximum atomic E-state index is 12.0. The van der Waals surface area contributed by atoms with Crippen LogP contribution in [0, 0.1) is 0 Å². The Morgan fingerprint density at radius 2 is 1.80 bits per heavy atom. The molecule has 4 nitrogen and oxygen atoms in total. The summed E-state index contributed by atoms with van der Waals surface area (Å²) in [4.78, 5) is 0.305. The van der Waals surface area contributed by atoms with Crippen LogP contribution in [0.1, 0.15) is 26.7 Å². The van der Waals surface area contributed by atoms with Gasteiger partial charge in [0.05, 0.1) is 4.90 Å². The molecule has 0 heterocycles. The van der Waals surface area contributed by atoms with Crippen LogP contribution in [0.3, 0.4) is 0 Å². The van der Waals surface area contributed by atoms with Gasteiger partial charge >= 0.3 is 0 Å². The van der Waals surface area contributed by atoms with Gasteiger partial charge in [0.15, 0.2) is 0 Å². The van der Waals surface area contributed by atoms with Crippen LogP contribution in [0.25, 0.3) is 0 Å². The van der Waals surface area contributed by atoms with Crippen molar-refractivity contribution in [2.45, 2.75) is 37.6 Å². The third-order valence-electron chi connectivity index (χ3n) is 2.66. The fourth-order valence-electron chi connectivity index (χ4n) is 1.73. The van der Waals surface area contributed by atoms with Crippen LogP contribution in [0.15, 0.2) is 29.2 Å². The molecule has 0 saturated carbocycles. The molecule has 2 N–H and O–H groups in total. The Morgan fingerprint density at radius 3 is 2.35 bits per heavy atom. The van der Waals surface area contributed by atoms with Gasteiger partial charge < -0.3 is 5.32 Å². The van der Waals surface area contributed by atoms with Crippen molar-refractivity contribution in [1.82, 2.24) is 4.72 Å². The number of hydrogen-bond acceptors (Lipinski definition) is 4. The van der Waals surface area contributed by atoms with E-state index in [2.05, 4.69) is 16.3 Å². The molecule has 0 saturated heterocycles. The highest BCUT2D eigenvalue weighted by molar-refractivity contribution is 7.98. The molecule has 0 aliphatic carbocycles. The third-order valence-corrected chi connectivity index (χ3v) is 5.03. The Hall–Kier alpha value is -0.720. The van der Waals surface area contributed by atoms with E-state index >= 15 is 0 Å². The van der Waals surface area contributed by atoms with Crippen molar-refractivity contribution in [2.24, 2.45) is 0 Å². The minimum atomic E-state index is -3.39. The summed E-state index contributed by atoms with van der Waals surface area (Å²) in [6.45, 7) is 4.53. The van der Waals surface area contributed by atoms with Crippen molar-refractivity contribution in [3.05, 3.63) is 24.3 Å². The fraction of sp³-hybridized carbons (Fsp3) is 0.571. The van der Waals surface area contributed by atoms with Crippen LogP contribution in [0.2, 0.25) is 0 Å². The van der Waals surface area contributed by atoms with Crippen molar-refractivity contribution in [2.75, 3.05) is 23.9 Å². The molecule has 0 bridgehead atoms. The topological polar surface area (TPSA) is 58.2 Å². The summed E-state index contributed by atoms with van der Waals surface area (Å²) in [5.74, 6) is 1.18. The molecule has 1 aromatic rings. The van der Waals surface area contributed by atoms with E-state index in [9.17, 15) is 8.42 Å². The van der Waals surface area contributed by atoms with E-state index in [4.69, 9.17) is 0 Å². The first-order valence-corrected chi connectivity index (χ1v) is 9.68. The van der Waals surface area contributed by atoms with Crippen molar-refractivity contribution in [3.8, 4) is 0 Å². The molecule has 0 atom stereocenters. The first-order valence-electron chi connectivity index (χ1n) is 6.81. The van der Waals surface area contributed by atoms with Gasteiger partial charge in [-0.1, -0.05) is 0 Å². The number of sulfonamides is 1. The smallest absolute Gasteiger partial charge is 0.240 e. The van der Waals surface area contributed by atoms with Crippen LogP contribution >= 0.6 is 11.8 Å². The van der Waals surface area contributed by atoms with Gasteiger partial charge in [0.1, 0.15) is 0 Å². The molecule has 0 aliphatic rings. The monoisotopic (exact) mass is 316 g/mol. The lowest BCUT2D eigenvalue weighted by atomic mass is 10.3. The molecule has 1 aromatic carbocycles. The SMILES string of the molecule is CSCCCCNc1ccc(S(=O)(=O)NC(C)C)cc1. The molecule has 0 fully saturated rings. The number of thioether (sulfide) groups is 1. The highest BCUT2D eigenvalue weighted by Crippen LogP contribution is 2.14. The second-order valence-electron chi connectivity index (χ2n) is 4.93. The molecule has 6 heteroatoms. The zero-order valence-corrected chi connectivity index (χ0v) is 14.0. The molecule has 0 spiro atoms. The number of rotatable bonds is 9. The minimum absolute atomic E-state index is 0.103. The Morgan fingerprint density at radius 1 is 1.15 bits per heavy atom. The van der Waals surface area contributed by atoms with Gasteiger partial charge in [0.25, 0.3) is 0 Å². The summed E-state index contributed by atoms with van der Waals surface area (Å²) in [5.41, 5.74) is 0.956. The Bertz CT molecular complexity index is 484. The first-order chi connectivity index (χ1) is 9.45. The number of hydrogen-bond donors (Lipinski definition) is 2. The molecular formula is C14H24N2O2S2.